The largest absolute Gasteiger partial charge is 0.388 e. The zero-order valence-electron chi connectivity index (χ0n) is 11.5. The van der Waals surface area contributed by atoms with Crippen molar-refractivity contribution in [2.24, 2.45) is 17.8 Å². The molecule has 0 aromatic carbocycles. The van der Waals surface area contributed by atoms with Gasteiger partial charge in [-0.15, -0.1) is 0 Å². The molecule has 2 saturated heterocycles. The maximum Gasteiger partial charge on any atom is 0.0817 e. The molecule has 0 aromatic heterocycles. The van der Waals surface area contributed by atoms with Crippen molar-refractivity contribution < 1.29 is 5.11 Å². The first-order chi connectivity index (χ1) is 8.74. The van der Waals surface area contributed by atoms with E-state index in [-0.39, 0.29) is 5.60 Å². The van der Waals surface area contributed by atoms with E-state index in [1.807, 2.05) is 0 Å². The molecule has 2 bridgehead atoms. The molecule has 5 unspecified atom stereocenters. The average Bonchev–Trinajstić information content (AvgIpc) is 3.06. The number of aliphatic hydroxyl groups is 1. The van der Waals surface area contributed by atoms with Crippen molar-refractivity contribution in [1.29, 1.82) is 0 Å². The van der Waals surface area contributed by atoms with Gasteiger partial charge >= 0.3 is 0 Å². The van der Waals surface area contributed by atoms with Gasteiger partial charge in [-0.25, -0.2) is 0 Å². The van der Waals surface area contributed by atoms with Crippen LogP contribution in [0.4, 0.5) is 0 Å². The molecule has 2 heteroatoms. The minimum atomic E-state index is -0.324. The summed E-state index contributed by atoms with van der Waals surface area (Å²) in [7, 11) is 0. The maximum atomic E-state index is 11.1. The van der Waals surface area contributed by atoms with Crippen LogP contribution in [0, 0.1) is 17.8 Å². The fraction of sp³-hybridized carbons (Fsp3) is 1.00. The summed E-state index contributed by atoms with van der Waals surface area (Å²) in [4.78, 5) is 2.58. The molecule has 0 radical (unpaired) electrons. The molecule has 0 amide bonds. The molecular formula is C16H27NO. The summed E-state index contributed by atoms with van der Waals surface area (Å²) in [6, 6.07) is 0.505. The standard InChI is InChI=1S/C16H27NO/c18-16(6-8-17-7-2-1-3-15(16)17)11-14-10-12-4-5-13(14)9-12/h12-15,18H,1-11H2. The highest BCUT2D eigenvalue weighted by atomic mass is 16.3. The van der Waals surface area contributed by atoms with Crippen LogP contribution in [0.5, 0.6) is 0 Å². The zero-order chi connectivity index (χ0) is 12.2. The highest BCUT2D eigenvalue weighted by molar-refractivity contribution is 5.04. The van der Waals surface area contributed by atoms with Gasteiger partial charge in [0.15, 0.2) is 0 Å². The molecular weight excluding hydrogens is 222 g/mol. The van der Waals surface area contributed by atoms with Crippen molar-refractivity contribution in [3.8, 4) is 0 Å². The van der Waals surface area contributed by atoms with Gasteiger partial charge in [0.1, 0.15) is 0 Å². The Morgan fingerprint density at radius 3 is 2.78 bits per heavy atom. The van der Waals surface area contributed by atoms with Crippen LogP contribution in [0.15, 0.2) is 0 Å². The van der Waals surface area contributed by atoms with E-state index in [0.717, 1.165) is 37.1 Å². The molecule has 2 aliphatic heterocycles. The number of fused-ring (bicyclic) bond motifs is 3. The third-order valence-electron chi connectivity index (χ3n) is 6.57. The van der Waals surface area contributed by atoms with Crippen LogP contribution in [-0.2, 0) is 0 Å². The number of nitrogens with zero attached hydrogens (tertiary/aromatic N) is 1. The minimum Gasteiger partial charge on any atom is -0.388 e. The van der Waals surface area contributed by atoms with Crippen LogP contribution in [0.2, 0.25) is 0 Å². The van der Waals surface area contributed by atoms with Gasteiger partial charge in [-0.1, -0.05) is 12.8 Å². The van der Waals surface area contributed by atoms with Crippen molar-refractivity contribution in [3.05, 3.63) is 0 Å². The molecule has 0 spiro atoms. The van der Waals surface area contributed by atoms with Crippen molar-refractivity contribution in [3.63, 3.8) is 0 Å². The Morgan fingerprint density at radius 2 is 2.00 bits per heavy atom. The van der Waals surface area contributed by atoms with E-state index in [0.29, 0.717) is 6.04 Å². The average molecular weight is 249 g/mol. The van der Waals surface area contributed by atoms with E-state index >= 15 is 0 Å². The van der Waals surface area contributed by atoms with E-state index in [4.69, 9.17) is 0 Å². The van der Waals surface area contributed by atoms with Crippen molar-refractivity contribution in [1.82, 2.24) is 4.90 Å². The first-order valence-corrected chi connectivity index (χ1v) is 8.21. The van der Waals surface area contributed by atoms with E-state index in [9.17, 15) is 5.11 Å². The minimum absolute atomic E-state index is 0.324. The van der Waals surface area contributed by atoms with Gasteiger partial charge in [0, 0.05) is 12.6 Å². The summed E-state index contributed by atoms with van der Waals surface area (Å²) in [5.41, 5.74) is -0.324. The molecule has 18 heavy (non-hydrogen) atoms. The second-order valence-corrected chi connectivity index (χ2v) is 7.54. The second kappa shape index (κ2) is 4.21. The van der Waals surface area contributed by atoms with Gasteiger partial charge in [-0.3, -0.25) is 4.90 Å². The number of hydrogen-bond donors (Lipinski definition) is 1. The third kappa shape index (κ3) is 1.76. The fourth-order valence-corrected chi connectivity index (χ4v) is 5.69. The monoisotopic (exact) mass is 249 g/mol. The topological polar surface area (TPSA) is 23.5 Å². The first-order valence-electron chi connectivity index (χ1n) is 8.21. The molecule has 102 valence electrons. The quantitative estimate of drug-likeness (QED) is 0.813. The molecule has 2 saturated carbocycles. The van der Waals surface area contributed by atoms with Gasteiger partial charge in [0.2, 0.25) is 0 Å². The Kier molecular flexibility index (Phi) is 2.74. The lowest BCUT2D eigenvalue weighted by Gasteiger charge is -2.40. The molecule has 4 aliphatic rings. The van der Waals surface area contributed by atoms with Gasteiger partial charge < -0.3 is 5.11 Å². The smallest absolute Gasteiger partial charge is 0.0817 e. The fourth-order valence-electron chi connectivity index (χ4n) is 5.69. The summed E-state index contributed by atoms with van der Waals surface area (Å²) in [5.74, 6) is 2.85. The summed E-state index contributed by atoms with van der Waals surface area (Å²) in [6.07, 6.45) is 11.9. The number of rotatable bonds is 2. The predicted octanol–water partition coefficient (Wildman–Crippen LogP) is 2.80. The molecule has 4 rings (SSSR count). The molecule has 2 heterocycles. The van der Waals surface area contributed by atoms with E-state index in [1.165, 1.54) is 51.5 Å². The van der Waals surface area contributed by atoms with E-state index in [1.54, 1.807) is 0 Å². The summed E-state index contributed by atoms with van der Waals surface area (Å²) in [5, 5.41) is 11.1. The number of hydrogen-bond acceptors (Lipinski definition) is 2. The Labute approximate surface area is 111 Å². The molecule has 2 nitrogen and oxygen atoms in total. The van der Waals surface area contributed by atoms with Crippen LogP contribution in [0.3, 0.4) is 0 Å². The molecule has 0 aromatic rings. The lowest BCUT2D eigenvalue weighted by molar-refractivity contribution is -0.0335. The van der Waals surface area contributed by atoms with E-state index in [2.05, 4.69) is 4.90 Å². The van der Waals surface area contributed by atoms with Gasteiger partial charge in [0.05, 0.1) is 5.60 Å². The van der Waals surface area contributed by atoms with E-state index < -0.39 is 0 Å². The SMILES string of the molecule is OC1(CC2CC3CCC2C3)CCN2CCCCC21. The van der Waals surface area contributed by atoms with Crippen LogP contribution < -0.4 is 0 Å². The first kappa shape index (κ1) is 11.7. The molecule has 1 N–H and O–H groups in total. The summed E-state index contributed by atoms with van der Waals surface area (Å²) < 4.78 is 0. The Balaban J connectivity index is 1.47. The van der Waals surface area contributed by atoms with Gasteiger partial charge in [0.25, 0.3) is 0 Å². The van der Waals surface area contributed by atoms with Gasteiger partial charge in [-0.2, -0.15) is 0 Å². The zero-order valence-corrected chi connectivity index (χ0v) is 11.5. The normalized spacial score (nSPS) is 51.8. The number of piperidine rings is 1. The highest BCUT2D eigenvalue weighted by Crippen LogP contribution is 2.52. The summed E-state index contributed by atoms with van der Waals surface area (Å²) in [6.45, 7) is 2.39. The van der Waals surface area contributed by atoms with Crippen LogP contribution in [0.1, 0.15) is 57.8 Å². The van der Waals surface area contributed by atoms with Crippen molar-refractivity contribution in [2.45, 2.75) is 69.4 Å². The summed E-state index contributed by atoms with van der Waals surface area (Å²) >= 11 is 0. The predicted molar refractivity (Wildman–Crippen MR) is 72.3 cm³/mol. The highest BCUT2D eigenvalue weighted by Gasteiger charge is 2.50. The third-order valence-corrected chi connectivity index (χ3v) is 6.57. The van der Waals surface area contributed by atoms with Crippen molar-refractivity contribution >= 4 is 0 Å². The molecule has 4 fully saturated rings. The Morgan fingerprint density at radius 1 is 1.06 bits per heavy atom. The molecule has 2 aliphatic carbocycles. The Bertz CT molecular complexity index is 331. The van der Waals surface area contributed by atoms with Gasteiger partial charge in [-0.05, 0) is 69.2 Å². The van der Waals surface area contributed by atoms with Crippen LogP contribution >= 0.6 is 0 Å². The lowest BCUT2D eigenvalue weighted by atomic mass is 9.76. The van der Waals surface area contributed by atoms with Crippen molar-refractivity contribution in [2.75, 3.05) is 13.1 Å². The maximum absolute atomic E-state index is 11.1. The Hall–Kier alpha value is -0.0800. The second-order valence-electron chi connectivity index (χ2n) is 7.54. The van der Waals surface area contributed by atoms with Crippen LogP contribution in [0.25, 0.3) is 0 Å². The lowest BCUT2D eigenvalue weighted by Crippen LogP contribution is -2.48. The molecule has 5 atom stereocenters. The van der Waals surface area contributed by atoms with Crippen LogP contribution in [-0.4, -0.2) is 34.7 Å².